The number of hydrogen-bond donors (Lipinski definition) is 6. The fourth-order valence-corrected chi connectivity index (χ4v) is 7.66. The van der Waals surface area contributed by atoms with Crippen LogP contribution in [0.3, 0.4) is 0 Å². The molecule has 2 aromatic heterocycles. The van der Waals surface area contributed by atoms with Crippen LogP contribution in [0.5, 0.6) is 0 Å². The van der Waals surface area contributed by atoms with Gasteiger partial charge < -0.3 is 42.2 Å². The highest BCUT2D eigenvalue weighted by molar-refractivity contribution is 5.92. The van der Waals surface area contributed by atoms with Gasteiger partial charge in [0.15, 0.2) is 0 Å². The molecule has 0 aliphatic carbocycles. The van der Waals surface area contributed by atoms with E-state index >= 15 is 0 Å². The van der Waals surface area contributed by atoms with Gasteiger partial charge in [0.25, 0.3) is 0 Å². The number of rotatable bonds is 12. The van der Waals surface area contributed by atoms with Gasteiger partial charge in [0, 0.05) is 50.4 Å². The van der Waals surface area contributed by atoms with Crippen molar-refractivity contribution < 1.29 is 38.2 Å². The van der Waals surface area contributed by atoms with E-state index in [2.05, 4.69) is 31.2 Å². The predicted molar refractivity (Wildman–Crippen MR) is 257 cm³/mol. The Bertz CT molecular complexity index is 2170. The second-order valence-corrected chi connectivity index (χ2v) is 19.1. The summed E-state index contributed by atoms with van der Waals surface area (Å²) in [5.41, 5.74) is 13.5. The minimum Gasteiger partial charge on any atom is -0.444 e. The van der Waals surface area contributed by atoms with Crippen molar-refractivity contribution in [1.29, 1.82) is 0 Å². The van der Waals surface area contributed by atoms with Crippen LogP contribution in [0, 0.1) is 0 Å². The van der Waals surface area contributed by atoms with Crippen LogP contribution < -0.4 is 32.7 Å². The molecule has 4 heterocycles. The Morgan fingerprint density at radius 1 is 0.588 bits per heavy atom. The highest BCUT2D eigenvalue weighted by Gasteiger charge is 2.44. The van der Waals surface area contributed by atoms with Crippen LogP contribution in [0.4, 0.5) is 21.2 Å². The summed E-state index contributed by atoms with van der Waals surface area (Å²) in [5.74, 6) is -0.676. The molecule has 18 nitrogen and oxygen atoms in total. The summed E-state index contributed by atoms with van der Waals surface area (Å²) in [5, 5.41) is 11.0. The van der Waals surface area contributed by atoms with Crippen molar-refractivity contribution in [2.75, 3.05) is 24.6 Å². The zero-order valence-corrected chi connectivity index (χ0v) is 40.2. The third kappa shape index (κ3) is 15.4. The molecule has 364 valence electrons. The molecule has 0 spiro atoms. The zero-order valence-electron chi connectivity index (χ0n) is 40.2. The third-order valence-corrected chi connectivity index (χ3v) is 11.1. The molecule has 2 aromatic carbocycles. The molecule has 68 heavy (non-hydrogen) atoms. The van der Waals surface area contributed by atoms with Crippen LogP contribution in [0.25, 0.3) is 0 Å². The summed E-state index contributed by atoms with van der Waals surface area (Å²) < 4.78 is 11.1. The molecule has 0 unspecified atom stereocenters. The first kappa shape index (κ1) is 51.7. The highest BCUT2D eigenvalue weighted by atomic mass is 16.6. The Hall–Kier alpha value is -7.24. The van der Waals surface area contributed by atoms with E-state index in [9.17, 15) is 28.8 Å². The van der Waals surface area contributed by atoms with Crippen molar-refractivity contribution in [1.82, 2.24) is 41.0 Å². The van der Waals surface area contributed by atoms with Gasteiger partial charge >= 0.3 is 12.2 Å². The Morgan fingerprint density at radius 3 is 1.25 bits per heavy atom. The van der Waals surface area contributed by atoms with Gasteiger partial charge in [-0.3, -0.25) is 29.0 Å². The molecule has 2 fully saturated rings. The number of carbonyl (C=O) groups excluding carboxylic acids is 6. The number of nitrogens with two attached hydrogens (primary N) is 2. The van der Waals surface area contributed by atoms with Gasteiger partial charge in [0.05, 0.1) is 0 Å². The van der Waals surface area contributed by atoms with Crippen molar-refractivity contribution in [3.05, 3.63) is 120 Å². The number of hydrogen-bond acceptors (Lipinski definition) is 12. The summed E-state index contributed by atoms with van der Waals surface area (Å²) >= 11 is 0. The maximum absolute atomic E-state index is 13.2. The molecular weight excluding hydrogens is 869 g/mol. The lowest BCUT2D eigenvalue weighted by molar-refractivity contribution is -0.131. The molecule has 6 rings (SSSR count). The van der Waals surface area contributed by atoms with Crippen LogP contribution in [0.1, 0.15) is 102 Å². The van der Waals surface area contributed by atoms with Gasteiger partial charge in [-0.15, -0.1) is 0 Å². The summed E-state index contributed by atoms with van der Waals surface area (Å²) in [6.07, 6.45) is 2.97. The Balaban J connectivity index is 0.000000254. The molecule has 0 saturated carbocycles. The number of amides is 6. The molecule has 2 aliphatic rings. The van der Waals surface area contributed by atoms with Gasteiger partial charge in [0.2, 0.25) is 23.6 Å². The Morgan fingerprint density at radius 2 is 0.941 bits per heavy atom. The first-order chi connectivity index (χ1) is 32.1. The van der Waals surface area contributed by atoms with Gasteiger partial charge in [-0.25, -0.2) is 19.6 Å². The molecule has 4 aromatic rings. The second kappa shape index (κ2) is 23.0. The first-order valence-corrected chi connectivity index (χ1v) is 22.7. The lowest BCUT2D eigenvalue weighted by atomic mass is 9.96. The van der Waals surface area contributed by atoms with E-state index in [0.717, 1.165) is 22.3 Å². The molecule has 8 N–H and O–H groups in total. The van der Waals surface area contributed by atoms with Gasteiger partial charge in [-0.2, -0.15) is 0 Å². The number of benzene rings is 2. The number of aromatic nitrogens is 2. The minimum atomic E-state index is -0.787. The van der Waals surface area contributed by atoms with E-state index in [4.69, 9.17) is 20.9 Å². The van der Waals surface area contributed by atoms with E-state index in [0.29, 0.717) is 37.6 Å². The average molecular weight is 935 g/mol. The SMILES string of the molecule is C[C@H](NC(=O)[C@H]1C[C@@H](c2ccccc2)CN1C(=O)OC(C)(C)C)C(=O)NCc1ccc(N)nc1.C[C@H](NC(=O)[C@H]1C[C@@H](c2ccccc2)CN1C(=O)OC(C)(C)C)C(=O)NCc1ccc(N)nc1. The maximum atomic E-state index is 13.2. The number of likely N-dealkylation sites (tertiary alicyclic amines) is 2. The normalized spacial score (nSPS) is 18.8. The van der Waals surface area contributed by atoms with E-state index < -0.39 is 47.6 Å². The zero-order chi connectivity index (χ0) is 49.8. The van der Waals surface area contributed by atoms with Crippen molar-refractivity contribution in [3.8, 4) is 0 Å². The number of ether oxygens (including phenoxy) is 2. The topological polar surface area (TPSA) is 253 Å². The third-order valence-electron chi connectivity index (χ3n) is 11.1. The van der Waals surface area contributed by atoms with E-state index in [1.54, 1.807) is 92.0 Å². The summed E-state index contributed by atoms with van der Waals surface area (Å²) in [4.78, 5) is 88.1. The highest BCUT2D eigenvalue weighted by Crippen LogP contribution is 2.34. The van der Waals surface area contributed by atoms with Crippen LogP contribution >= 0.6 is 0 Å². The average Bonchev–Trinajstić information content (AvgIpc) is 3.95. The van der Waals surface area contributed by atoms with E-state index in [1.807, 2.05) is 60.7 Å². The number of carbonyl (C=O) groups is 6. The van der Waals surface area contributed by atoms with Crippen molar-refractivity contribution in [2.24, 2.45) is 0 Å². The molecule has 2 saturated heterocycles. The van der Waals surface area contributed by atoms with Crippen molar-refractivity contribution in [3.63, 3.8) is 0 Å². The summed E-state index contributed by atoms with van der Waals surface area (Å²) in [6.45, 7) is 15.2. The number of nitrogens with zero attached hydrogens (tertiary/aromatic N) is 4. The smallest absolute Gasteiger partial charge is 0.410 e. The standard InChI is InChI=1S/2C25H33N5O4/c2*1-16(22(31)28-14-17-10-11-21(26)27-13-17)29-23(32)20-12-19(18-8-6-5-7-9-18)15-30(20)24(33)34-25(2,3)4/h2*5-11,13,16,19-20H,12,14-15H2,1-4H3,(H2,26,27)(H,28,31)(H,29,32)/t2*16-,19+,20+/m00/s1. The largest absolute Gasteiger partial charge is 0.444 e. The van der Waals surface area contributed by atoms with E-state index in [1.165, 1.54) is 9.80 Å². The predicted octanol–water partition coefficient (Wildman–Crippen LogP) is 5.16. The lowest BCUT2D eigenvalue weighted by Gasteiger charge is -2.28. The van der Waals surface area contributed by atoms with Crippen LogP contribution in [-0.2, 0) is 41.7 Å². The molecule has 6 amide bonds. The Kier molecular flexibility index (Phi) is 17.5. The quantitative estimate of drug-likeness (QED) is 0.108. The summed E-state index contributed by atoms with van der Waals surface area (Å²) in [6, 6.07) is 23.3. The van der Waals surface area contributed by atoms with Crippen molar-refractivity contribution in [2.45, 2.75) is 129 Å². The number of anilines is 2. The maximum Gasteiger partial charge on any atom is 0.410 e. The lowest BCUT2D eigenvalue weighted by Crippen LogP contribution is -2.52. The molecule has 0 bridgehead atoms. The van der Waals surface area contributed by atoms with Crippen LogP contribution in [-0.4, -0.2) is 104 Å². The monoisotopic (exact) mass is 935 g/mol. The Labute approximate surface area is 398 Å². The van der Waals surface area contributed by atoms with Crippen LogP contribution in [0.15, 0.2) is 97.3 Å². The molecular formula is C50H66N10O8. The van der Waals surface area contributed by atoms with E-state index in [-0.39, 0.29) is 48.6 Å². The second-order valence-electron chi connectivity index (χ2n) is 19.1. The molecule has 0 radical (unpaired) electrons. The first-order valence-electron chi connectivity index (χ1n) is 22.7. The molecule has 18 heteroatoms. The minimum absolute atomic E-state index is 0.00776. The number of nitrogen functional groups attached to an aromatic ring is 2. The number of nitrogens with one attached hydrogen (secondary N) is 4. The summed E-state index contributed by atoms with van der Waals surface area (Å²) in [7, 11) is 0. The fourth-order valence-electron chi connectivity index (χ4n) is 7.66. The molecule has 6 atom stereocenters. The number of pyridine rings is 2. The van der Waals surface area contributed by atoms with Crippen molar-refractivity contribution >= 4 is 47.5 Å². The van der Waals surface area contributed by atoms with Gasteiger partial charge in [-0.05, 0) is 103 Å². The van der Waals surface area contributed by atoms with Gasteiger partial charge in [0.1, 0.15) is 47.0 Å². The molecule has 2 aliphatic heterocycles. The van der Waals surface area contributed by atoms with Crippen LogP contribution in [0.2, 0.25) is 0 Å². The van der Waals surface area contributed by atoms with Gasteiger partial charge in [-0.1, -0.05) is 72.8 Å². The fraction of sp³-hybridized carbons (Fsp3) is 0.440.